The molecule has 2 heterocycles. The molecule has 2 aromatic heterocycles. The summed E-state index contributed by atoms with van der Waals surface area (Å²) < 4.78 is 1.73. The number of nitrogens with one attached hydrogen (secondary N) is 1. The topological polar surface area (TPSA) is 42.2 Å². The van der Waals surface area contributed by atoms with E-state index in [0.29, 0.717) is 5.15 Å². The van der Waals surface area contributed by atoms with Crippen molar-refractivity contribution in [2.24, 2.45) is 0 Å². The van der Waals surface area contributed by atoms with Gasteiger partial charge in [-0.05, 0) is 31.2 Å². The lowest BCUT2D eigenvalue weighted by molar-refractivity contribution is 0.925. The molecule has 3 aromatic rings. The maximum absolute atomic E-state index is 6.02. The van der Waals surface area contributed by atoms with Crippen molar-refractivity contribution in [2.45, 2.75) is 11.8 Å². The van der Waals surface area contributed by atoms with Gasteiger partial charge in [0.1, 0.15) is 11.0 Å². The predicted octanol–water partition coefficient (Wildman–Crippen LogP) is 3.72. The van der Waals surface area contributed by atoms with Crippen LogP contribution in [0.4, 0.5) is 11.5 Å². The monoisotopic (exact) mass is 290 g/mol. The molecule has 0 fully saturated rings. The van der Waals surface area contributed by atoms with E-state index in [1.807, 2.05) is 37.3 Å². The molecule has 6 heteroatoms. The van der Waals surface area contributed by atoms with Crippen LogP contribution in [0.2, 0.25) is 5.15 Å². The smallest absolute Gasteiger partial charge is 0.159 e. The molecule has 4 nitrogen and oxygen atoms in total. The van der Waals surface area contributed by atoms with E-state index < -0.39 is 0 Å². The van der Waals surface area contributed by atoms with Gasteiger partial charge in [0, 0.05) is 22.7 Å². The average Bonchev–Trinajstić information content (AvgIpc) is 2.72. The van der Waals surface area contributed by atoms with Crippen molar-refractivity contribution in [3.05, 3.63) is 47.2 Å². The van der Waals surface area contributed by atoms with Crippen molar-refractivity contribution in [2.75, 3.05) is 5.32 Å². The quantitative estimate of drug-likeness (QED) is 0.558. The Morgan fingerprint density at radius 3 is 2.68 bits per heavy atom. The zero-order valence-electron chi connectivity index (χ0n) is 10.1. The normalized spacial score (nSPS) is 10.9. The predicted molar refractivity (Wildman–Crippen MR) is 79.7 cm³/mol. The van der Waals surface area contributed by atoms with E-state index in [2.05, 4.69) is 28.0 Å². The van der Waals surface area contributed by atoms with Gasteiger partial charge in [0.05, 0.1) is 5.69 Å². The largest absolute Gasteiger partial charge is 0.340 e. The molecule has 19 heavy (non-hydrogen) atoms. The number of anilines is 2. The molecule has 1 N–H and O–H groups in total. The van der Waals surface area contributed by atoms with Gasteiger partial charge < -0.3 is 5.32 Å². The zero-order valence-corrected chi connectivity index (χ0v) is 11.8. The van der Waals surface area contributed by atoms with Crippen molar-refractivity contribution in [3.8, 4) is 0 Å². The molecule has 96 valence electrons. The number of hydrogen-bond donors (Lipinski definition) is 2. The SMILES string of the molecule is Cc1cc2nc(Cl)cc(Nc3ccc(S)cc3)n2n1. The second-order valence-corrected chi connectivity index (χ2v) is 5.10. The van der Waals surface area contributed by atoms with Crippen molar-refractivity contribution in [1.29, 1.82) is 0 Å². The highest BCUT2D eigenvalue weighted by atomic mass is 35.5. The van der Waals surface area contributed by atoms with Gasteiger partial charge in [0.2, 0.25) is 0 Å². The van der Waals surface area contributed by atoms with Crippen LogP contribution in [0.25, 0.3) is 5.65 Å². The molecule has 1 aromatic carbocycles. The van der Waals surface area contributed by atoms with Crippen LogP contribution in [0.3, 0.4) is 0 Å². The fraction of sp³-hybridized carbons (Fsp3) is 0.0769. The van der Waals surface area contributed by atoms with E-state index >= 15 is 0 Å². The van der Waals surface area contributed by atoms with Gasteiger partial charge in [-0.2, -0.15) is 9.61 Å². The number of halogens is 1. The summed E-state index contributed by atoms with van der Waals surface area (Å²) in [6.45, 7) is 1.92. The minimum atomic E-state index is 0.431. The number of thiol groups is 1. The van der Waals surface area contributed by atoms with E-state index in [4.69, 9.17) is 11.6 Å². The highest BCUT2D eigenvalue weighted by molar-refractivity contribution is 7.80. The Labute approximate surface area is 120 Å². The summed E-state index contributed by atoms with van der Waals surface area (Å²) in [7, 11) is 0. The third-order valence-corrected chi connectivity index (χ3v) is 3.15. The van der Waals surface area contributed by atoms with Gasteiger partial charge in [-0.15, -0.1) is 12.6 Å². The summed E-state index contributed by atoms with van der Waals surface area (Å²) in [5, 5.41) is 8.09. The molecular formula is C13H11ClN4S. The Hall–Kier alpha value is -1.72. The van der Waals surface area contributed by atoms with Gasteiger partial charge in [0.15, 0.2) is 5.65 Å². The maximum atomic E-state index is 6.02. The molecule has 0 unspecified atom stereocenters. The van der Waals surface area contributed by atoms with Gasteiger partial charge in [0.25, 0.3) is 0 Å². The summed E-state index contributed by atoms with van der Waals surface area (Å²) in [6.07, 6.45) is 0. The van der Waals surface area contributed by atoms with Crippen LogP contribution in [0, 0.1) is 6.92 Å². The second-order valence-electron chi connectivity index (χ2n) is 4.19. The van der Waals surface area contributed by atoms with Crippen LogP contribution in [0.1, 0.15) is 5.69 Å². The molecule has 0 aliphatic carbocycles. The Kier molecular flexibility index (Phi) is 3.08. The van der Waals surface area contributed by atoms with Crippen molar-refractivity contribution in [1.82, 2.24) is 14.6 Å². The molecular weight excluding hydrogens is 280 g/mol. The first-order valence-corrected chi connectivity index (χ1v) is 6.53. The van der Waals surface area contributed by atoms with Gasteiger partial charge >= 0.3 is 0 Å². The lowest BCUT2D eigenvalue weighted by Gasteiger charge is -2.08. The fourth-order valence-corrected chi connectivity index (χ4v) is 2.18. The van der Waals surface area contributed by atoms with Gasteiger partial charge in [-0.25, -0.2) is 4.98 Å². The van der Waals surface area contributed by atoms with E-state index in [1.54, 1.807) is 10.6 Å². The van der Waals surface area contributed by atoms with Crippen LogP contribution >= 0.6 is 24.2 Å². The number of nitrogens with zero attached hydrogens (tertiary/aromatic N) is 3. The Bertz CT molecular complexity index is 736. The first-order valence-electron chi connectivity index (χ1n) is 5.71. The number of rotatable bonds is 2. The lowest BCUT2D eigenvalue weighted by Crippen LogP contribution is -2.01. The van der Waals surface area contributed by atoms with Crippen LogP contribution < -0.4 is 5.32 Å². The Morgan fingerprint density at radius 2 is 1.95 bits per heavy atom. The van der Waals surface area contributed by atoms with Gasteiger partial charge in [-0.1, -0.05) is 11.6 Å². The zero-order chi connectivity index (χ0) is 13.4. The third kappa shape index (κ3) is 2.52. The molecule has 0 saturated heterocycles. The summed E-state index contributed by atoms with van der Waals surface area (Å²) >= 11 is 10.3. The van der Waals surface area contributed by atoms with Crippen molar-refractivity contribution < 1.29 is 0 Å². The van der Waals surface area contributed by atoms with E-state index in [9.17, 15) is 0 Å². The molecule has 0 saturated carbocycles. The molecule has 0 radical (unpaired) electrons. The second kappa shape index (κ2) is 4.75. The summed E-state index contributed by atoms with van der Waals surface area (Å²) in [6, 6.07) is 11.3. The molecule has 0 aliphatic rings. The van der Waals surface area contributed by atoms with Crippen LogP contribution in [-0.4, -0.2) is 14.6 Å². The molecule has 3 rings (SSSR count). The standard InChI is InChI=1S/C13H11ClN4S/c1-8-6-12-16-11(14)7-13(18(12)17-8)15-9-2-4-10(19)5-3-9/h2-7,15,19H,1H3. The summed E-state index contributed by atoms with van der Waals surface area (Å²) in [5.74, 6) is 0.773. The maximum Gasteiger partial charge on any atom is 0.159 e. The number of aryl methyl sites for hydroxylation is 1. The number of aromatic nitrogens is 3. The fourth-order valence-electron chi connectivity index (χ4n) is 1.84. The first kappa shape index (κ1) is 12.3. The van der Waals surface area contributed by atoms with E-state index in [1.165, 1.54) is 0 Å². The highest BCUT2D eigenvalue weighted by Crippen LogP contribution is 2.22. The molecule has 0 atom stereocenters. The van der Waals surface area contributed by atoms with Gasteiger partial charge in [-0.3, -0.25) is 0 Å². The number of fused-ring (bicyclic) bond motifs is 1. The Morgan fingerprint density at radius 1 is 1.21 bits per heavy atom. The molecule has 0 spiro atoms. The molecule has 0 amide bonds. The highest BCUT2D eigenvalue weighted by Gasteiger charge is 2.07. The average molecular weight is 291 g/mol. The minimum absolute atomic E-state index is 0.431. The molecule has 0 aliphatic heterocycles. The number of hydrogen-bond acceptors (Lipinski definition) is 4. The van der Waals surface area contributed by atoms with E-state index in [0.717, 1.165) is 27.7 Å². The lowest BCUT2D eigenvalue weighted by atomic mass is 10.3. The van der Waals surface area contributed by atoms with Crippen LogP contribution in [0.15, 0.2) is 41.3 Å². The summed E-state index contributed by atoms with van der Waals surface area (Å²) in [5.41, 5.74) is 2.55. The van der Waals surface area contributed by atoms with Crippen molar-refractivity contribution in [3.63, 3.8) is 0 Å². The van der Waals surface area contributed by atoms with Crippen LogP contribution in [-0.2, 0) is 0 Å². The molecule has 0 bridgehead atoms. The number of benzene rings is 1. The Balaban J connectivity index is 2.06. The first-order chi connectivity index (χ1) is 9.11. The van der Waals surface area contributed by atoms with E-state index in [-0.39, 0.29) is 0 Å². The van der Waals surface area contributed by atoms with Crippen molar-refractivity contribution >= 4 is 41.4 Å². The third-order valence-electron chi connectivity index (χ3n) is 2.66. The van der Waals surface area contributed by atoms with Crippen LogP contribution in [0.5, 0.6) is 0 Å². The summed E-state index contributed by atoms with van der Waals surface area (Å²) in [4.78, 5) is 5.14. The minimum Gasteiger partial charge on any atom is -0.340 e.